The third kappa shape index (κ3) is 2.51. The van der Waals surface area contributed by atoms with Crippen molar-refractivity contribution in [3.8, 4) is 0 Å². The van der Waals surface area contributed by atoms with Crippen LogP contribution in [0.5, 0.6) is 0 Å². The lowest BCUT2D eigenvalue weighted by Gasteiger charge is -2.25. The first-order valence-corrected chi connectivity index (χ1v) is 6.63. The van der Waals surface area contributed by atoms with Gasteiger partial charge in [0, 0.05) is 10.6 Å². The van der Waals surface area contributed by atoms with Crippen molar-refractivity contribution in [2.75, 3.05) is 0 Å². The first kappa shape index (κ1) is 14.0. The summed E-state index contributed by atoms with van der Waals surface area (Å²) in [5.41, 5.74) is 6.15. The SMILES string of the molecule is NC(=O)[C@@](Br)(c1ccc(Cl)cc1)c1ccccc1F. The van der Waals surface area contributed by atoms with E-state index in [-0.39, 0.29) is 5.56 Å². The molecule has 0 aliphatic rings. The summed E-state index contributed by atoms with van der Waals surface area (Å²) in [5, 5.41) is 0.525. The van der Waals surface area contributed by atoms with Crippen molar-refractivity contribution in [2.45, 2.75) is 4.32 Å². The van der Waals surface area contributed by atoms with E-state index < -0.39 is 16.0 Å². The Labute approximate surface area is 123 Å². The summed E-state index contributed by atoms with van der Waals surface area (Å²) in [6.45, 7) is 0. The Morgan fingerprint density at radius 1 is 1.16 bits per heavy atom. The van der Waals surface area contributed by atoms with E-state index in [1.807, 2.05) is 0 Å². The van der Waals surface area contributed by atoms with Gasteiger partial charge in [-0.2, -0.15) is 0 Å². The van der Waals surface area contributed by atoms with Crippen molar-refractivity contribution in [1.82, 2.24) is 0 Å². The summed E-state index contributed by atoms with van der Waals surface area (Å²) < 4.78 is 12.5. The molecule has 2 rings (SSSR count). The highest BCUT2D eigenvalue weighted by atomic mass is 79.9. The first-order valence-electron chi connectivity index (χ1n) is 5.46. The number of halogens is 3. The summed E-state index contributed by atoms with van der Waals surface area (Å²) >= 11 is 9.10. The molecular formula is C14H10BrClFNO. The molecule has 2 aromatic rings. The smallest absolute Gasteiger partial charge is 0.243 e. The van der Waals surface area contributed by atoms with E-state index in [0.29, 0.717) is 10.6 Å². The van der Waals surface area contributed by atoms with Gasteiger partial charge in [0.25, 0.3) is 0 Å². The Bertz CT molecular complexity index is 617. The van der Waals surface area contributed by atoms with E-state index in [2.05, 4.69) is 15.9 Å². The van der Waals surface area contributed by atoms with Gasteiger partial charge in [-0.15, -0.1) is 0 Å². The quantitative estimate of drug-likeness (QED) is 0.851. The minimum atomic E-state index is -1.41. The number of rotatable bonds is 3. The zero-order valence-electron chi connectivity index (χ0n) is 9.74. The van der Waals surface area contributed by atoms with Crippen LogP contribution in [-0.4, -0.2) is 5.91 Å². The van der Waals surface area contributed by atoms with Gasteiger partial charge in [0.1, 0.15) is 5.82 Å². The molecule has 2 aromatic carbocycles. The van der Waals surface area contributed by atoms with E-state index in [4.69, 9.17) is 17.3 Å². The van der Waals surface area contributed by atoms with Crippen molar-refractivity contribution >= 4 is 33.4 Å². The highest BCUT2D eigenvalue weighted by Gasteiger charge is 2.39. The van der Waals surface area contributed by atoms with Crippen molar-refractivity contribution in [3.63, 3.8) is 0 Å². The molecule has 5 heteroatoms. The molecule has 19 heavy (non-hydrogen) atoms. The predicted molar refractivity (Wildman–Crippen MR) is 76.8 cm³/mol. The maximum Gasteiger partial charge on any atom is 0.243 e. The number of nitrogens with two attached hydrogens (primary N) is 1. The number of alkyl halides is 1. The fourth-order valence-electron chi connectivity index (χ4n) is 1.85. The summed E-state index contributed by atoms with van der Waals surface area (Å²) in [5.74, 6) is -1.20. The second kappa shape index (κ2) is 5.31. The molecule has 98 valence electrons. The Morgan fingerprint density at radius 3 is 2.26 bits per heavy atom. The van der Waals surface area contributed by atoms with Crippen LogP contribution in [0.15, 0.2) is 48.5 Å². The van der Waals surface area contributed by atoms with Crippen LogP contribution in [-0.2, 0) is 9.12 Å². The highest BCUT2D eigenvalue weighted by Crippen LogP contribution is 2.40. The zero-order valence-corrected chi connectivity index (χ0v) is 12.1. The van der Waals surface area contributed by atoms with E-state index in [9.17, 15) is 9.18 Å². The normalized spacial score (nSPS) is 13.8. The van der Waals surface area contributed by atoms with Crippen molar-refractivity contribution < 1.29 is 9.18 Å². The van der Waals surface area contributed by atoms with Crippen LogP contribution >= 0.6 is 27.5 Å². The molecule has 0 spiro atoms. The molecule has 0 saturated heterocycles. The molecule has 0 aliphatic heterocycles. The summed E-state index contributed by atoms with van der Waals surface area (Å²) in [6, 6.07) is 12.5. The van der Waals surface area contributed by atoms with Crippen LogP contribution in [0.2, 0.25) is 5.02 Å². The summed E-state index contributed by atoms with van der Waals surface area (Å²) in [6.07, 6.45) is 0. The van der Waals surface area contributed by atoms with Gasteiger partial charge in [0.05, 0.1) is 0 Å². The molecule has 2 nitrogen and oxygen atoms in total. The highest BCUT2D eigenvalue weighted by molar-refractivity contribution is 9.10. The molecule has 1 amide bonds. The van der Waals surface area contributed by atoms with Crippen molar-refractivity contribution in [2.24, 2.45) is 5.73 Å². The minimum Gasteiger partial charge on any atom is -0.368 e. The van der Waals surface area contributed by atoms with Crippen LogP contribution in [0.1, 0.15) is 11.1 Å². The van der Waals surface area contributed by atoms with E-state index in [0.717, 1.165) is 0 Å². The molecule has 0 aromatic heterocycles. The molecule has 1 atom stereocenters. The van der Waals surface area contributed by atoms with Crippen LogP contribution in [0.25, 0.3) is 0 Å². The van der Waals surface area contributed by atoms with Crippen molar-refractivity contribution in [3.05, 3.63) is 70.5 Å². The fraction of sp³-hybridized carbons (Fsp3) is 0.0714. The lowest BCUT2D eigenvalue weighted by molar-refractivity contribution is -0.119. The van der Waals surface area contributed by atoms with Gasteiger partial charge in [0.2, 0.25) is 5.91 Å². The van der Waals surface area contributed by atoms with E-state index in [1.165, 1.54) is 12.1 Å². The molecule has 0 unspecified atom stereocenters. The van der Waals surface area contributed by atoms with Crippen molar-refractivity contribution in [1.29, 1.82) is 0 Å². The Hall–Kier alpha value is -1.39. The monoisotopic (exact) mass is 341 g/mol. The number of primary amides is 1. The third-order valence-corrected chi connectivity index (χ3v) is 4.35. The standard InChI is InChI=1S/C14H10BrClFNO/c15-14(13(18)19,9-5-7-10(16)8-6-9)11-3-1-2-4-12(11)17/h1-8H,(H2,18,19)/t14-/m1/s1. The first-order chi connectivity index (χ1) is 8.96. The lowest BCUT2D eigenvalue weighted by atomic mass is 9.90. The number of carbonyl (C=O) groups excluding carboxylic acids is 1. The van der Waals surface area contributed by atoms with Crippen LogP contribution in [0.4, 0.5) is 4.39 Å². The topological polar surface area (TPSA) is 43.1 Å². The second-order valence-electron chi connectivity index (χ2n) is 4.01. The predicted octanol–water partition coefficient (Wildman–Crippen LogP) is 3.60. The summed E-state index contributed by atoms with van der Waals surface area (Å²) in [7, 11) is 0. The number of hydrogen-bond acceptors (Lipinski definition) is 1. The molecule has 0 bridgehead atoms. The average molecular weight is 343 g/mol. The second-order valence-corrected chi connectivity index (χ2v) is 5.64. The van der Waals surface area contributed by atoms with E-state index >= 15 is 0 Å². The van der Waals surface area contributed by atoms with Crippen LogP contribution in [0.3, 0.4) is 0 Å². The van der Waals surface area contributed by atoms with Gasteiger partial charge in [-0.3, -0.25) is 4.79 Å². The molecule has 0 heterocycles. The Kier molecular flexibility index (Phi) is 3.92. The molecule has 0 radical (unpaired) electrons. The third-order valence-electron chi connectivity index (χ3n) is 2.83. The van der Waals surface area contributed by atoms with Gasteiger partial charge in [-0.25, -0.2) is 4.39 Å². The molecule has 2 N–H and O–H groups in total. The number of hydrogen-bond donors (Lipinski definition) is 1. The summed E-state index contributed by atoms with van der Waals surface area (Å²) in [4.78, 5) is 11.8. The maximum absolute atomic E-state index is 13.9. The average Bonchev–Trinajstić information content (AvgIpc) is 2.39. The van der Waals surface area contributed by atoms with Crippen LogP contribution in [0, 0.1) is 5.82 Å². The minimum absolute atomic E-state index is 0.171. The van der Waals surface area contributed by atoms with Gasteiger partial charge in [-0.1, -0.05) is 57.9 Å². The zero-order chi connectivity index (χ0) is 14.0. The van der Waals surface area contributed by atoms with Gasteiger partial charge in [-0.05, 0) is 23.8 Å². The van der Waals surface area contributed by atoms with E-state index in [1.54, 1.807) is 36.4 Å². The Morgan fingerprint density at radius 2 is 1.74 bits per heavy atom. The Balaban J connectivity index is 2.65. The van der Waals surface area contributed by atoms with Crippen LogP contribution < -0.4 is 5.73 Å². The largest absolute Gasteiger partial charge is 0.368 e. The maximum atomic E-state index is 13.9. The van der Waals surface area contributed by atoms with Gasteiger partial charge in [0.15, 0.2) is 4.32 Å². The lowest BCUT2D eigenvalue weighted by Crippen LogP contribution is -2.37. The molecule has 0 saturated carbocycles. The fourth-order valence-corrected chi connectivity index (χ4v) is 2.56. The van der Waals surface area contributed by atoms with Gasteiger partial charge >= 0.3 is 0 Å². The molecular weight excluding hydrogens is 333 g/mol. The number of amides is 1. The number of benzene rings is 2. The van der Waals surface area contributed by atoms with Gasteiger partial charge < -0.3 is 5.73 Å². The molecule has 0 aliphatic carbocycles. The number of carbonyl (C=O) groups is 1. The molecule has 0 fully saturated rings.